The smallest absolute Gasteiger partial charge is 0.355 e. The molecule has 6 bridgehead atoms. The molecule has 0 radical (unpaired) electrons. The van der Waals surface area contributed by atoms with E-state index in [0.717, 1.165) is 51.2 Å². The fourth-order valence-corrected chi connectivity index (χ4v) is 10.2. The number of rotatable bonds is 12. The molecule has 0 saturated carbocycles. The lowest BCUT2D eigenvalue weighted by atomic mass is 9.84. The average molecular weight is 925 g/mol. The molecule has 0 spiro atoms. The number of hydrazine groups is 1. The van der Waals surface area contributed by atoms with E-state index in [2.05, 4.69) is 64.6 Å². The number of methoxy groups -OCH3 is 1. The number of carbonyl (C=O) groups excluding carboxylic acids is 5. The number of benzene rings is 1. The molecule has 1 aromatic heterocycles. The number of likely N-dealkylation sites (N-methyl/N-ethyl adjacent to an activating group) is 1. The van der Waals surface area contributed by atoms with Gasteiger partial charge in [0.1, 0.15) is 12.1 Å². The number of cyclic esters (lactones) is 1. The number of aliphatic hydroxyl groups is 1. The molecule has 364 valence electrons. The maximum absolute atomic E-state index is 14.8. The summed E-state index contributed by atoms with van der Waals surface area (Å²) in [6.45, 7) is 24.1. The molecule has 0 unspecified atom stereocenters. The molecule has 4 aliphatic rings. The van der Waals surface area contributed by atoms with Crippen LogP contribution in [-0.4, -0.2) is 138 Å². The number of nitrogens with one attached hydrogen (secondary N) is 2. The van der Waals surface area contributed by atoms with E-state index in [1.807, 2.05) is 47.6 Å². The van der Waals surface area contributed by atoms with Gasteiger partial charge in [-0.3, -0.25) is 29.2 Å². The van der Waals surface area contributed by atoms with Crippen LogP contribution in [0.3, 0.4) is 0 Å². The summed E-state index contributed by atoms with van der Waals surface area (Å²) in [6, 6.07) is 4.39. The SMILES string of the molecule is C=CC(=O)N1CC[C@H](C(=O)N(C)[C@H](C(=O)N[C@H]2CC3=CCCN(C3)c3ccc4c(c3)c(c(/C(C=C)=C(/N=C\C)[C@H](C)OC)n4CC)CC(C)(C)COC(=O)[C@@]3(O)CCCN(N3)C2=O)C(C)C)C1. The zero-order valence-electron chi connectivity index (χ0n) is 41.0. The van der Waals surface area contributed by atoms with Crippen LogP contribution in [0.5, 0.6) is 0 Å². The molecule has 6 rings (SSSR count). The molecule has 4 amide bonds. The van der Waals surface area contributed by atoms with E-state index in [1.54, 1.807) is 25.3 Å². The van der Waals surface area contributed by atoms with E-state index in [1.165, 1.54) is 16.0 Å². The van der Waals surface area contributed by atoms with Crippen LogP contribution >= 0.6 is 0 Å². The second kappa shape index (κ2) is 21.2. The number of ether oxygens (including phenoxy) is 2. The summed E-state index contributed by atoms with van der Waals surface area (Å²) in [4.78, 5) is 79.6. The Labute approximate surface area is 395 Å². The van der Waals surface area contributed by atoms with E-state index in [9.17, 15) is 29.1 Å². The quantitative estimate of drug-likeness (QED) is 0.0848. The highest BCUT2D eigenvalue weighted by Crippen LogP contribution is 2.40. The zero-order valence-corrected chi connectivity index (χ0v) is 41.0. The third-order valence-electron chi connectivity index (χ3n) is 13.7. The Morgan fingerprint density at radius 2 is 1.88 bits per heavy atom. The topological polar surface area (TPSA) is 178 Å². The predicted molar refractivity (Wildman–Crippen MR) is 261 cm³/mol. The third-order valence-corrected chi connectivity index (χ3v) is 13.7. The van der Waals surface area contributed by atoms with Gasteiger partial charge in [0.15, 0.2) is 0 Å². The summed E-state index contributed by atoms with van der Waals surface area (Å²) in [6.07, 6.45) is 8.62. The molecule has 5 atom stereocenters. The van der Waals surface area contributed by atoms with E-state index in [0.29, 0.717) is 38.9 Å². The molecule has 0 aliphatic carbocycles. The standard InChI is InChI=1S/C51H72N8O8/c1-12-37(43(52-14-3)33(7)66-11)45-39-28-50(8,9)31-67-49(64)51(65)22-17-24-59(54-51)48(63)40(26-34-18-16-23-56(29-34)36-19-20-41(38(39)27-36)58(45)15-4)53-46(61)44(32(5)6)55(10)47(62)35-21-25-57(30-35)42(60)13-2/h12-14,18-20,27,32-33,35,40,44,54,65H,1-2,15-17,21-26,28-31H2,3-11H3,(H,53,61)/b43-37+,52-14-/t33-,35-,40-,44-,51-/m0/s1. The first-order chi connectivity index (χ1) is 31.8. The molecule has 16 nitrogen and oxygen atoms in total. The van der Waals surface area contributed by atoms with Gasteiger partial charge in [0.2, 0.25) is 23.4 Å². The van der Waals surface area contributed by atoms with Gasteiger partial charge >= 0.3 is 5.97 Å². The van der Waals surface area contributed by atoms with Crippen LogP contribution in [0.2, 0.25) is 0 Å². The lowest BCUT2D eigenvalue weighted by Crippen LogP contribution is -2.67. The van der Waals surface area contributed by atoms with E-state index < -0.39 is 46.9 Å². The summed E-state index contributed by atoms with van der Waals surface area (Å²) in [5.74, 6) is -3.31. The summed E-state index contributed by atoms with van der Waals surface area (Å²) in [7, 11) is 3.24. The highest BCUT2D eigenvalue weighted by Gasteiger charge is 2.46. The number of allylic oxidation sites excluding steroid dienone is 2. The van der Waals surface area contributed by atoms with Crippen molar-refractivity contribution in [2.45, 2.75) is 117 Å². The number of hydrogen-bond acceptors (Lipinski definition) is 11. The van der Waals surface area contributed by atoms with Gasteiger partial charge in [0.05, 0.1) is 30.0 Å². The Kier molecular flexibility index (Phi) is 16.0. The van der Waals surface area contributed by atoms with Crippen LogP contribution in [0.15, 0.2) is 65.8 Å². The maximum atomic E-state index is 14.8. The van der Waals surface area contributed by atoms with Crippen LogP contribution in [0.4, 0.5) is 5.69 Å². The average Bonchev–Trinajstić information content (AvgIpc) is 3.92. The first kappa shape index (κ1) is 50.8. The van der Waals surface area contributed by atoms with Gasteiger partial charge in [0.25, 0.3) is 5.91 Å². The Balaban J connectivity index is 1.42. The zero-order chi connectivity index (χ0) is 49.0. The molecule has 2 fully saturated rings. The normalized spacial score (nSPS) is 23.9. The summed E-state index contributed by atoms with van der Waals surface area (Å²) in [5, 5.41) is 17.2. The number of aromatic nitrogens is 1. The van der Waals surface area contributed by atoms with Crippen molar-refractivity contribution in [3.05, 3.63) is 72.1 Å². The minimum atomic E-state index is -2.22. The number of anilines is 1. The molecule has 3 N–H and O–H groups in total. The van der Waals surface area contributed by atoms with Crippen LogP contribution in [0.25, 0.3) is 16.5 Å². The largest absolute Gasteiger partial charge is 0.462 e. The van der Waals surface area contributed by atoms with Crippen molar-refractivity contribution in [3.63, 3.8) is 0 Å². The number of carbonyl (C=O) groups is 5. The minimum absolute atomic E-state index is 0.00465. The van der Waals surface area contributed by atoms with Crippen molar-refractivity contribution in [1.82, 2.24) is 30.1 Å². The van der Waals surface area contributed by atoms with Gasteiger partial charge in [0, 0.05) is 93.6 Å². The van der Waals surface area contributed by atoms with Gasteiger partial charge in [-0.1, -0.05) is 58.6 Å². The van der Waals surface area contributed by atoms with Gasteiger partial charge in [-0.05, 0) is 88.6 Å². The van der Waals surface area contributed by atoms with Gasteiger partial charge in [-0.25, -0.2) is 4.79 Å². The van der Waals surface area contributed by atoms with Crippen LogP contribution in [0, 0.1) is 17.3 Å². The lowest BCUT2D eigenvalue weighted by molar-refractivity contribution is -0.189. The van der Waals surface area contributed by atoms with E-state index >= 15 is 0 Å². The maximum Gasteiger partial charge on any atom is 0.355 e. The van der Waals surface area contributed by atoms with Crippen molar-refractivity contribution in [1.29, 1.82) is 0 Å². The highest BCUT2D eigenvalue weighted by atomic mass is 16.6. The summed E-state index contributed by atoms with van der Waals surface area (Å²) in [5.41, 5.74) is 6.40. The monoisotopic (exact) mass is 925 g/mol. The van der Waals surface area contributed by atoms with Gasteiger partial charge in [-0.15, -0.1) is 0 Å². The molecule has 2 aromatic rings. The van der Waals surface area contributed by atoms with Crippen LogP contribution < -0.4 is 15.6 Å². The van der Waals surface area contributed by atoms with Crippen molar-refractivity contribution in [2.24, 2.45) is 22.2 Å². The number of fused-ring (bicyclic) bond motifs is 6. The molecule has 2 saturated heterocycles. The molecule has 4 aliphatic heterocycles. The number of amides is 4. The Morgan fingerprint density at radius 1 is 1.13 bits per heavy atom. The molecular weight excluding hydrogens is 853 g/mol. The first-order valence-corrected chi connectivity index (χ1v) is 23.7. The fourth-order valence-electron chi connectivity index (χ4n) is 10.2. The number of aliphatic imine (C=N–C) groups is 1. The molecule has 1 aromatic carbocycles. The van der Waals surface area contributed by atoms with E-state index in [-0.39, 0.29) is 62.8 Å². The van der Waals surface area contributed by atoms with Crippen LogP contribution in [-0.2, 0) is 46.4 Å². The summed E-state index contributed by atoms with van der Waals surface area (Å²) < 4.78 is 14.1. The number of hydrogen-bond donors (Lipinski definition) is 3. The first-order valence-electron chi connectivity index (χ1n) is 23.7. The number of nitrogens with zero attached hydrogens (tertiary/aromatic N) is 6. The second-order valence-corrected chi connectivity index (χ2v) is 19.5. The lowest BCUT2D eigenvalue weighted by Gasteiger charge is -2.41. The summed E-state index contributed by atoms with van der Waals surface area (Å²) >= 11 is 0. The Bertz CT molecular complexity index is 2350. The molecular formula is C51H72N8O8. The number of aryl methyl sites for hydroxylation is 1. The van der Waals surface area contributed by atoms with Crippen LogP contribution in [0.1, 0.15) is 91.8 Å². The van der Waals surface area contributed by atoms with E-state index in [4.69, 9.17) is 14.5 Å². The highest BCUT2D eigenvalue weighted by molar-refractivity contribution is 5.96. The Morgan fingerprint density at radius 3 is 2.54 bits per heavy atom. The van der Waals surface area contributed by atoms with Crippen molar-refractivity contribution in [3.8, 4) is 0 Å². The van der Waals surface area contributed by atoms with Crippen molar-refractivity contribution >= 4 is 58.0 Å². The number of esters is 1. The Hall–Kier alpha value is -5.58. The van der Waals surface area contributed by atoms with Crippen molar-refractivity contribution < 1.29 is 38.6 Å². The van der Waals surface area contributed by atoms with Gasteiger partial charge in [-0.2, -0.15) is 5.43 Å². The predicted octanol–water partition coefficient (Wildman–Crippen LogP) is 5.15. The molecule has 5 heterocycles. The van der Waals surface area contributed by atoms with Gasteiger partial charge < -0.3 is 39.2 Å². The second-order valence-electron chi connectivity index (χ2n) is 19.5. The molecule has 16 heteroatoms. The molecule has 67 heavy (non-hydrogen) atoms. The fraction of sp³-hybridized carbons (Fsp3) is 0.569. The minimum Gasteiger partial charge on any atom is -0.462 e. The third kappa shape index (κ3) is 10.8. The number of likely N-dealkylation sites (tertiary alicyclic amines) is 1. The van der Waals surface area contributed by atoms with Crippen molar-refractivity contribution in [2.75, 3.05) is 58.4 Å².